The van der Waals surface area contributed by atoms with Crippen molar-refractivity contribution in [2.24, 2.45) is 13.0 Å². The number of carbonyl (C=O) groups excluding carboxylic acids is 2. The molecule has 1 aromatic carbocycles. The van der Waals surface area contributed by atoms with Crippen LogP contribution < -0.4 is 5.32 Å². The molecule has 3 rings (SSSR count). The lowest BCUT2D eigenvalue weighted by Gasteiger charge is -2.22. The second kappa shape index (κ2) is 7.68. The molecule has 0 spiro atoms. The Morgan fingerprint density at radius 3 is 2.58 bits per heavy atom. The number of allylic oxidation sites excluding steroid dienone is 1. The number of amides is 1. The third-order valence-corrected chi connectivity index (χ3v) is 4.88. The van der Waals surface area contributed by atoms with Crippen LogP contribution in [-0.4, -0.2) is 21.2 Å². The number of Topliss-reactive ketones (excluding diaryl/α,β-unsaturated/α-hetero) is 1. The number of hydrogen-bond donors (Lipinski definition) is 1. The maximum Gasteiger partial charge on any atom is 0.225 e. The molecule has 1 amide bonds. The summed E-state index contributed by atoms with van der Waals surface area (Å²) in [6.45, 7) is 4.10. The zero-order chi connectivity index (χ0) is 18.7. The van der Waals surface area contributed by atoms with E-state index >= 15 is 0 Å². The zero-order valence-electron chi connectivity index (χ0n) is 15.5. The minimum atomic E-state index is -0.181. The quantitative estimate of drug-likeness (QED) is 0.867. The van der Waals surface area contributed by atoms with Gasteiger partial charge in [-0.15, -0.1) is 0 Å². The molecule has 0 saturated carbocycles. The Hall–Kier alpha value is -2.69. The maximum atomic E-state index is 12.7. The smallest absolute Gasteiger partial charge is 0.225 e. The van der Waals surface area contributed by atoms with Crippen LogP contribution >= 0.6 is 0 Å². The van der Waals surface area contributed by atoms with Gasteiger partial charge in [-0.2, -0.15) is 0 Å². The van der Waals surface area contributed by atoms with Gasteiger partial charge in [-0.05, 0) is 23.5 Å². The molecule has 1 heterocycles. The summed E-state index contributed by atoms with van der Waals surface area (Å²) in [6.07, 6.45) is 4.91. The van der Waals surface area contributed by atoms with Crippen LogP contribution in [0.5, 0.6) is 0 Å². The number of ketones is 1. The first-order valence-electron chi connectivity index (χ1n) is 9.04. The van der Waals surface area contributed by atoms with Crippen molar-refractivity contribution in [2.45, 2.75) is 39.2 Å². The van der Waals surface area contributed by atoms with E-state index in [1.165, 1.54) is 0 Å². The number of nitrogens with zero attached hydrogens (tertiary/aromatic N) is 2. The van der Waals surface area contributed by atoms with Gasteiger partial charge in [0.05, 0.1) is 12.5 Å². The molecule has 0 bridgehead atoms. The van der Waals surface area contributed by atoms with E-state index in [-0.39, 0.29) is 30.1 Å². The number of hydrogen-bond acceptors (Lipinski definition) is 3. The Bertz CT molecular complexity index is 834. The van der Waals surface area contributed by atoms with Crippen LogP contribution in [0.3, 0.4) is 0 Å². The lowest BCUT2D eigenvalue weighted by Crippen LogP contribution is -2.33. The number of aromatic nitrogens is 2. The highest BCUT2D eigenvalue weighted by atomic mass is 16.2. The summed E-state index contributed by atoms with van der Waals surface area (Å²) in [7, 11) is 1.92. The van der Waals surface area contributed by atoms with Crippen LogP contribution in [0.1, 0.15) is 50.5 Å². The molecular weight excluding hydrogens is 326 g/mol. The fourth-order valence-corrected chi connectivity index (χ4v) is 3.46. The van der Waals surface area contributed by atoms with Gasteiger partial charge in [-0.25, -0.2) is 4.98 Å². The van der Waals surface area contributed by atoms with E-state index in [0.717, 1.165) is 17.0 Å². The van der Waals surface area contributed by atoms with Crippen molar-refractivity contribution >= 4 is 17.3 Å². The number of carbonyl (C=O) groups is 2. The number of imidazole rings is 1. The predicted molar refractivity (Wildman–Crippen MR) is 101 cm³/mol. The van der Waals surface area contributed by atoms with Crippen LogP contribution in [-0.2, 0) is 16.6 Å². The predicted octanol–water partition coefficient (Wildman–Crippen LogP) is 3.44. The fraction of sp³-hybridized carbons (Fsp3) is 0.381. The Labute approximate surface area is 154 Å². The monoisotopic (exact) mass is 351 g/mol. The van der Waals surface area contributed by atoms with Crippen LogP contribution in [0.4, 0.5) is 0 Å². The van der Waals surface area contributed by atoms with Gasteiger partial charge in [0.2, 0.25) is 5.91 Å². The van der Waals surface area contributed by atoms with Crippen molar-refractivity contribution in [3.63, 3.8) is 0 Å². The first-order chi connectivity index (χ1) is 12.5. The molecule has 26 heavy (non-hydrogen) atoms. The molecule has 1 aromatic heterocycles. The van der Waals surface area contributed by atoms with Crippen LogP contribution in [0.2, 0.25) is 0 Å². The topological polar surface area (TPSA) is 64.0 Å². The van der Waals surface area contributed by atoms with Crippen molar-refractivity contribution in [1.82, 2.24) is 14.9 Å². The fourth-order valence-electron chi connectivity index (χ4n) is 3.46. The molecule has 0 aliphatic heterocycles. The molecule has 0 fully saturated rings. The van der Waals surface area contributed by atoms with Gasteiger partial charge in [0.25, 0.3) is 0 Å². The van der Waals surface area contributed by atoms with Crippen molar-refractivity contribution in [3.05, 3.63) is 59.7 Å². The van der Waals surface area contributed by atoms with Crippen molar-refractivity contribution in [2.75, 3.05) is 0 Å². The molecule has 5 heteroatoms. The van der Waals surface area contributed by atoms with Gasteiger partial charge in [-0.3, -0.25) is 9.59 Å². The molecule has 1 aliphatic rings. The number of aryl methyl sites for hydroxylation is 1. The third-order valence-electron chi connectivity index (χ3n) is 4.88. The van der Waals surface area contributed by atoms with Gasteiger partial charge in [0, 0.05) is 31.4 Å². The highest BCUT2D eigenvalue weighted by Gasteiger charge is 2.28. The molecule has 2 aromatic rings. The molecule has 5 nitrogen and oxygen atoms in total. The Morgan fingerprint density at radius 1 is 1.23 bits per heavy atom. The van der Waals surface area contributed by atoms with E-state index in [1.54, 1.807) is 6.20 Å². The summed E-state index contributed by atoms with van der Waals surface area (Å²) in [6, 6.07) is 9.68. The molecule has 0 saturated heterocycles. The molecule has 1 N–H and O–H groups in total. The average Bonchev–Trinajstić information content (AvgIpc) is 3.20. The summed E-state index contributed by atoms with van der Waals surface area (Å²) in [5, 5.41) is 3.07. The van der Waals surface area contributed by atoms with Crippen molar-refractivity contribution in [3.8, 4) is 0 Å². The lowest BCUT2D eigenvalue weighted by molar-refractivity contribution is -0.123. The van der Waals surface area contributed by atoms with E-state index in [0.29, 0.717) is 18.4 Å². The summed E-state index contributed by atoms with van der Waals surface area (Å²) < 4.78 is 1.92. The number of rotatable bonds is 6. The second-order valence-electron chi connectivity index (χ2n) is 7.11. The molecule has 1 unspecified atom stereocenters. The molecule has 1 aliphatic carbocycles. The van der Waals surface area contributed by atoms with E-state index < -0.39 is 0 Å². The van der Waals surface area contributed by atoms with Gasteiger partial charge < -0.3 is 9.88 Å². The Balaban J connectivity index is 1.79. The standard InChI is InChI=1S/C21H25N3O2/c1-14(2)20(21-22-11-12-24(21)3)23-19(26)13-17-16(9-10-18(17)25)15-7-5-4-6-8-15/h4-8,11-12,14,20H,9-10,13H2,1-3H3,(H,23,26). The Morgan fingerprint density at radius 2 is 1.96 bits per heavy atom. The minimum Gasteiger partial charge on any atom is -0.346 e. The molecule has 136 valence electrons. The molecular formula is C21H25N3O2. The normalized spacial score (nSPS) is 15.6. The number of nitrogens with one attached hydrogen (secondary N) is 1. The van der Waals surface area contributed by atoms with Gasteiger partial charge in [-0.1, -0.05) is 44.2 Å². The third kappa shape index (κ3) is 3.77. The van der Waals surface area contributed by atoms with E-state index in [1.807, 2.05) is 48.1 Å². The minimum absolute atomic E-state index is 0.0806. The second-order valence-corrected chi connectivity index (χ2v) is 7.11. The lowest BCUT2D eigenvalue weighted by atomic mass is 9.99. The summed E-state index contributed by atoms with van der Waals surface area (Å²) in [4.78, 5) is 29.4. The maximum absolute atomic E-state index is 12.7. The first kappa shape index (κ1) is 18.1. The summed E-state index contributed by atoms with van der Waals surface area (Å²) in [5.41, 5.74) is 2.69. The van der Waals surface area contributed by atoms with Gasteiger partial charge in [0.15, 0.2) is 5.78 Å². The van der Waals surface area contributed by atoms with E-state index in [2.05, 4.69) is 24.1 Å². The van der Waals surface area contributed by atoms with Gasteiger partial charge >= 0.3 is 0 Å². The van der Waals surface area contributed by atoms with Crippen LogP contribution in [0.25, 0.3) is 5.57 Å². The SMILES string of the molecule is CC(C)C(NC(=O)CC1=C(c2ccccc2)CCC1=O)c1nccn1C. The largest absolute Gasteiger partial charge is 0.346 e. The van der Waals surface area contributed by atoms with Gasteiger partial charge in [0.1, 0.15) is 5.82 Å². The molecule has 0 radical (unpaired) electrons. The first-order valence-corrected chi connectivity index (χ1v) is 9.04. The van der Waals surface area contributed by atoms with Crippen LogP contribution in [0, 0.1) is 5.92 Å². The zero-order valence-corrected chi connectivity index (χ0v) is 15.5. The van der Waals surface area contributed by atoms with Crippen molar-refractivity contribution < 1.29 is 9.59 Å². The number of benzene rings is 1. The average molecular weight is 351 g/mol. The van der Waals surface area contributed by atoms with E-state index in [4.69, 9.17) is 0 Å². The molecule has 1 atom stereocenters. The highest BCUT2D eigenvalue weighted by Crippen LogP contribution is 2.33. The van der Waals surface area contributed by atoms with Crippen molar-refractivity contribution in [1.29, 1.82) is 0 Å². The summed E-state index contributed by atoms with van der Waals surface area (Å²) >= 11 is 0. The Kier molecular flexibility index (Phi) is 5.35. The highest BCUT2D eigenvalue weighted by molar-refractivity contribution is 6.10. The van der Waals surface area contributed by atoms with E-state index in [9.17, 15) is 9.59 Å². The summed E-state index contributed by atoms with van der Waals surface area (Å²) in [5.74, 6) is 0.965. The van der Waals surface area contributed by atoms with Crippen LogP contribution in [0.15, 0.2) is 48.3 Å².